The van der Waals surface area contributed by atoms with Crippen molar-refractivity contribution < 1.29 is 40.6 Å². The second-order valence-corrected chi connectivity index (χ2v) is 12.0. The van der Waals surface area contributed by atoms with Crippen molar-refractivity contribution in [2.75, 3.05) is 25.1 Å². The zero-order chi connectivity index (χ0) is 34.4. The summed E-state index contributed by atoms with van der Waals surface area (Å²) in [5.41, 5.74) is -0.488. The largest absolute Gasteiger partial charge is 0.496 e. The van der Waals surface area contributed by atoms with Crippen LogP contribution >= 0.6 is 0 Å². The summed E-state index contributed by atoms with van der Waals surface area (Å²) in [5.74, 6) is 2.18. The Bertz CT molecular complexity index is 1790. The first-order chi connectivity index (χ1) is 22.7. The minimum absolute atomic E-state index is 0.0536. The summed E-state index contributed by atoms with van der Waals surface area (Å²) in [6, 6.07) is 9.91. The fourth-order valence-corrected chi connectivity index (χ4v) is 6.06. The molecule has 0 aliphatic carbocycles. The first-order valence-electron chi connectivity index (χ1n) is 15.4. The van der Waals surface area contributed by atoms with Gasteiger partial charge in [-0.05, 0) is 73.4 Å². The summed E-state index contributed by atoms with van der Waals surface area (Å²) in [6.07, 6.45) is -6.34. The number of carbonyl (C=O) groups is 1. The number of aryl methyl sites for hydroxylation is 3. The second-order valence-electron chi connectivity index (χ2n) is 12.0. The van der Waals surface area contributed by atoms with Gasteiger partial charge in [0.15, 0.2) is 0 Å². The Hall–Kier alpha value is -4.75. The molecule has 0 unspecified atom stereocenters. The highest BCUT2D eigenvalue weighted by molar-refractivity contribution is 5.76. The number of carbonyl (C=O) groups excluding carboxylic acids is 1. The van der Waals surface area contributed by atoms with E-state index in [4.69, 9.17) is 14.5 Å². The van der Waals surface area contributed by atoms with E-state index >= 15 is 0 Å². The van der Waals surface area contributed by atoms with Gasteiger partial charge in [0.1, 0.15) is 23.5 Å². The van der Waals surface area contributed by atoms with Gasteiger partial charge in [-0.25, -0.2) is 14.8 Å². The monoisotopic (exact) mass is 673 g/mol. The standard InChI is InChI=1S/C34H33F6N5O3/c1-20-31(22-16-23(33(35,36)37)18-24(17-22)34(38,39)40)48-32(46)45(20)19-27-25(7-10-30(42-27)44-12-4-13-44)26-15-21(5-8-28(26)47-3)6-9-29-41-11-14-43(29)2/h5,7-8,10-11,14-18,20,31H,4,6,9,12-13,19H2,1-3H3/t20-,31-/m0/s1. The lowest BCUT2D eigenvalue weighted by atomic mass is 9.96. The maximum Gasteiger partial charge on any atom is 0.416 e. The Balaban J connectivity index is 1.35. The smallest absolute Gasteiger partial charge is 0.416 e. The highest BCUT2D eigenvalue weighted by Gasteiger charge is 2.43. The average Bonchev–Trinajstić information content (AvgIpc) is 3.55. The number of nitrogens with zero attached hydrogens (tertiary/aromatic N) is 5. The molecule has 0 N–H and O–H groups in total. The van der Waals surface area contributed by atoms with Crippen molar-refractivity contribution in [1.82, 2.24) is 19.4 Å². The van der Waals surface area contributed by atoms with E-state index in [-0.39, 0.29) is 12.6 Å². The lowest BCUT2D eigenvalue weighted by Crippen LogP contribution is -2.38. The van der Waals surface area contributed by atoms with Crippen molar-refractivity contribution in [3.8, 4) is 16.9 Å². The number of pyridine rings is 1. The van der Waals surface area contributed by atoms with Crippen LogP contribution in [-0.2, 0) is 43.5 Å². The zero-order valence-corrected chi connectivity index (χ0v) is 26.4. The molecule has 0 radical (unpaired) electrons. The van der Waals surface area contributed by atoms with E-state index in [2.05, 4.69) is 9.88 Å². The topological polar surface area (TPSA) is 72.7 Å². The minimum atomic E-state index is -5.04. The zero-order valence-electron chi connectivity index (χ0n) is 26.4. The molecule has 254 valence electrons. The van der Waals surface area contributed by atoms with Crippen molar-refractivity contribution in [1.29, 1.82) is 0 Å². The van der Waals surface area contributed by atoms with Gasteiger partial charge in [0.25, 0.3) is 0 Å². The number of hydrogen-bond donors (Lipinski definition) is 0. The number of halogens is 6. The number of hydrogen-bond acceptors (Lipinski definition) is 6. The van der Waals surface area contributed by atoms with Crippen LogP contribution < -0.4 is 9.64 Å². The van der Waals surface area contributed by atoms with Gasteiger partial charge in [-0.15, -0.1) is 0 Å². The Labute approximate surface area is 272 Å². The highest BCUT2D eigenvalue weighted by atomic mass is 19.4. The fraction of sp³-hybridized carbons (Fsp3) is 0.382. The quantitative estimate of drug-likeness (QED) is 0.171. The molecule has 0 saturated carbocycles. The van der Waals surface area contributed by atoms with E-state index < -0.39 is 47.3 Å². The molecule has 2 aliphatic heterocycles. The first-order valence-corrected chi connectivity index (χ1v) is 15.4. The van der Waals surface area contributed by atoms with Crippen LogP contribution in [0.15, 0.2) is 60.9 Å². The predicted octanol–water partition coefficient (Wildman–Crippen LogP) is 7.61. The molecule has 4 aromatic rings. The predicted molar refractivity (Wildman–Crippen MR) is 164 cm³/mol. The number of cyclic esters (lactones) is 1. The van der Waals surface area contributed by atoms with Crippen LogP contribution in [0.2, 0.25) is 0 Å². The number of methoxy groups -OCH3 is 1. The molecule has 0 bridgehead atoms. The van der Waals surface area contributed by atoms with Gasteiger partial charge in [0, 0.05) is 50.1 Å². The minimum Gasteiger partial charge on any atom is -0.496 e. The number of amides is 1. The van der Waals surface area contributed by atoms with Crippen LogP contribution in [0.4, 0.5) is 37.0 Å². The molecule has 48 heavy (non-hydrogen) atoms. The van der Waals surface area contributed by atoms with Gasteiger partial charge in [-0.2, -0.15) is 26.3 Å². The van der Waals surface area contributed by atoms with E-state index in [1.165, 1.54) is 11.8 Å². The molecule has 6 rings (SSSR count). The van der Waals surface area contributed by atoms with Crippen molar-refractivity contribution in [2.24, 2.45) is 7.05 Å². The highest BCUT2D eigenvalue weighted by Crippen LogP contribution is 2.42. The summed E-state index contributed by atoms with van der Waals surface area (Å²) in [4.78, 5) is 25.9. The average molecular weight is 674 g/mol. The van der Waals surface area contributed by atoms with Crippen LogP contribution in [0, 0.1) is 0 Å². The molecule has 2 saturated heterocycles. The van der Waals surface area contributed by atoms with E-state index in [0.717, 1.165) is 36.5 Å². The van der Waals surface area contributed by atoms with Crippen LogP contribution in [0.1, 0.15) is 53.2 Å². The van der Waals surface area contributed by atoms with Crippen molar-refractivity contribution in [3.63, 3.8) is 0 Å². The number of aromatic nitrogens is 3. The molecule has 8 nitrogen and oxygen atoms in total. The summed E-state index contributed by atoms with van der Waals surface area (Å²) < 4.78 is 94.8. The van der Waals surface area contributed by atoms with Crippen molar-refractivity contribution >= 4 is 11.9 Å². The molecule has 4 heterocycles. The molecular formula is C34H33F6N5O3. The number of alkyl halides is 6. The molecule has 1 amide bonds. The molecule has 0 spiro atoms. The van der Waals surface area contributed by atoms with Crippen LogP contribution in [0.3, 0.4) is 0 Å². The molecule has 2 fully saturated rings. The van der Waals surface area contributed by atoms with Crippen LogP contribution in [0.5, 0.6) is 5.75 Å². The summed E-state index contributed by atoms with van der Waals surface area (Å²) >= 11 is 0. The summed E-state index contributed by atoms with van der Waals surface area (Å²) in [7, 11) is 3.47. The van der Waals surface area contributed by atoms with Gasteiger partial charge in [-0.3, -0.25) is 4.90 Å². The van der Waals surface area contributed by atoms with Gasteiger partial charge >= 0.3 is 18.4 Å². The van der Waals surface area contributed by atoms with Gasteiger partial charge in [0.2, 0.25) is 0 Å². The van der Waals surface area contributed by atoms with E-state index in [1.54, 1.807) is 13.3 Å². The summed E-state index contributed by atoms with van der Waals surface area (Å²) in [6.45, 7) is 3.03. The van der Waals surface area contributed by atoms with E-state index in [0.29, 0.717) is 47.8 Å². The lowest BCUT2D eigenvalue weighted by Gasteiger charge is -2.33. The second kappa shape index (κ2) is 12.7. The third kappa shape index (κ3) is 6.65. The third-order valence-electron chi connectivity index (χ3n) is 8.90. The van der Waals surface area contributed by atoms with Gasteiger partial charge < -0.3 is 18.9 Å². The van der Waals surface area contributed by atoms with Crippen LogP contribution in [0.25, 0.3) is 11.1 Å². The number of anilines is 1. The Morgan fingerprint density at radius 3 is 2.23 bits per heavy atom. The Morgan fingerprint density at radius 2 is 1.65 bits per heavy atom. The van der Waals surface area contributed by atoms with Crippen molar-refractivity contribution in [2.45, 2.75) is 57.2 Å². The number of rotatable bonds is 9. The SMILES string of the molecule is COc1ccc(CCc2nccn2C)cc1-c1ccc(N2CCC2)nc1CN1C(=O)O[C@H](c2cc(C(F)(F)F)cc(C(F)(F)F)c2)[C@@H]1C. The number of ether oxygens (including phenoxy) is 2. The van der Waals surface area contributed by atoms with E-state index in [1.807, 2.05) is 48.1 Å². The summed E-state index contributed by atoms with van der Waals surface area (Å²) in [5, 5.41) is 0. The maximum absolute atomic E-state index is 13.6. The third-order valence-corrected chi connectivity index (χ3v) is 8.90. The fourth-order valence-electron chi connectivity index (χ4n) is 6.06. The molecule has 2 aliphatic rings. The number of imidazole rings is 1. The van der Waals surface area contributed by atoms with Gasteiger partial charge in [0.05, 0.1) is 36.5 Å². The van der Waals surface area contributed by atoms with Crippen LogP contribution in [-0.4, -0.2) is 51.8 Å². The number of benzene rings is 2. The molecular weight excluding hydrogens is 640 g/mol. The van der Waals surface area contributed by atoms with Crippen molar-refractivity contribution in [3.05, 3.63) is 94.7 Å². The Morgan fingerprint density at radius 1 is 0.938 bits per heavy atom. The Kier molecular flexibility index (Phi) is 8.77. The maximum atomic E-state index is 13.6. The normalized spacial score (nSPS) is 18.2. The van der Waals surface area contributed by atoms with Gasteiger partial charge in [-0.1, -0.05) is 6.07 Å². The lowest BCUT2D eigenvalue weighted by molar-refractivity contribution is -0.143. The molecule has 2 atom stereocenters. The first kappa shape index (κ1) is 33.2. The molecule has 2 aromatic heterocycles. The molecule has 14 heteroatoms. The molecule has 2 aromatic carbocycles. The van der Waals surface area contributed by atoms with E-state index in [9.17, 15) is 31.1 Å².